The fourth-order valence-electron chi connectivity index (χ4n) is 3.54. The number of aromatic nitrogens is 2. The van der Waals surface area contributed by atoms with Crippen molar-refractivity contribution in [1.82, 2.24) is 9.97 Å². The Morgan fingerprint density at radius 3 is 3.07 bits per heavy atom. The van der Waals surface area contributed by atoms with Gasteiger partial charge in [0.25, 0.3) is 0 Å². The van der Waals surface area contributed by atoms with Crippen molar-refractivity contribution < 1.29 is 9.53 Å². The number of hydrogen-bond acceptors (Lipinski definition) is 6. The van der Waals surface area contributed by atoms with Crippen LogP contribution in [0.2, 0.25) is 0 Å². The molecule has 0 fully saturated rings. The van der Waals surface area contributed by atoms with E-state index in [2.05, 4.69) is 21.4 Å². The van der Waals surface area contributed by atoms with Gasteiger partial charge in [0, 0.05) is 10.9 Å². The molecule has 2 heterocycles. The van der Waals surface area contributed by atoms with E-state index in [9.17, 15) is 10.1 Å². The normalized spacial score (nSPS) is 13.5. The smallest absolute Gasteiger partial charge is 0.235 e. The molecule has 1 amide bonds. The monoisotopic (exact) mass is 426 g/mol. The highest BCUT2D eigenvalue weighted by atomic mass is 32.2. The zero-order chi connectivity index (χ0) is 20.2. The maximum Gasteiger partial charge on any atom is 0.235 e. The van der Waals surface area contributed by atoms with E-state index in [0.29, 0.717) is 22.3 Å². The van der Waals surface area contributed by atoms with Crippen LogP contribution in [0.25, 0.3) is 11.0 Å². The summed E-state index contributed by atoms with van der Waals surface area (Å²) in [5, 5.41) is 13.9. The molecule has 8 heteroatoms. The Morgan fingerprint density at radius 1 is 1.38 bits per heavy atom. The maximum atomic E-state index is 12.5. The number of aromatic amines is 1. The molecular formula is C21H22N4O2S2. The number of nitrogens with one attached hydrogen (secondary N) is 2. The Labute approximate surface area is 177 Å². The highest BCUT2D eigenvalue weighted by Crippen LogP contribution is 2.37. The van der Waals surface area contributed by atoms with Gasteiger partial charge >= 0.3 is 0 Å². The molecule has 6 nitrogen and oxygen atoms in total. The molecule has 0 unspecified atom stereocenters. The number of thioether (sulfide) groups is 1. The first-order chi connectivity index (χ1) is 14.2. The van der Waals surface area contributed by atoms with Crippen molar-refractivity contribution in [3.05, 3.63) is 34.2 Å². The van der Waals surface area contributed by atoms with Gasteiger partial charge in [-0.1, -0.05) is 18.2 Å². The summed E-state index contributed by atoms with van der Waals surface area (Å²) in [6, 6.07) is 8.00. The van der Waals surface area contributed by atoms with Crippen LogP contribution in [0, 0.1) is 11.3 Å². The maximum absolute atomic E-state index is 12.5. The van der Waals surface area contributed by atoms with Crippen LogP contribution >= 0.6 is 23.1 Å². The molecule has 3 aromatic rings. The average Bonchev–Trinajstić information content (AvgIpc) is 3.18. The first kappa shape index (κ1) is 19.8. The van der Waals surface area contributed by atoms with E-state index in [1.54, 1.807) is 11.3 Å². The number of imidazole rings is 1. The van der Waals surface area contributed by atoms with Crippen LogP contribution in [0.5, 0.6) is 5.75 Å². The number of H-pyrrole nitrogens is 1. The van der Waals surface area contributed by atoms with E-state index >= 15 is 0 Å². The van der Waals surface area contributed by atoms with Gasteiger partial charge in [0.1, 0.15) is 16.8 Å². The van der Waals surface area contributed by atoms with Crippen molar-refractivity contribution in [2.24, 2.45) is 0 Å². The second-order valence-electron chi connectivity index (χ2n) is 6.87. The fourth-order valence-corrected chi connectivity index (χ4v) is 5.48. The third-order valence-corrected chi connectivity index (χ3v) is 6.95. The van der Waals surface area contributed by atoms with Crippen molar-refractivity contribution in [3.63, 3.8) is 0 Å². The van der Waals surface area contributed by atoms with Gasteiger partial charge in [-0.3, -0.25) is 4.79 Å². The number of carbonyl (C=O) groups is 1. The van der Waals surface area contributed by atoms with E-state index < -0.39 is 0 Å². The van der Waals surface area contributed by atoms with Crippen LogP contribution in [-0.2, 0) is 17.6 Å². The van der Waals surface area contributed by atoms with Crippen molar-refractivity contribution in [1.29, 1.82) is 5.26 Å². The number of anilines is 1. The first-order valence-electron chi connectivity index (χ1n) is 9.77. The number of hydrogen-bond donors (Lipinski definition) is 2. The number of nitriles is 1. The number of rotatable bonds is 6. The number of thiophene rings is 1. The lowest BCUT2D eigenvalue weighted by atomic mass is 10.1. The van der Waals surface area contributed by atoms with Gasteiger partial charge in [-0.15, -0.1) is 11.3 Å². The minimum atomic E-state index is -0.127. The Kier molecular flexibility index (Phi) is 6.07. The standard InChI is InChI=1S/C21H22N4O2S2/c1-2-27-13-8-9-16-17(10-13)24-21(23-16)28-12-19(26)25-20-15(11-22)14-6-4-3-5-7-18(14)29-20/h8-10H,2-7,12H2,1H3,(H,23,24)(H,25,26). The van der Waals surface area contributed by atoms with Crippen LogP contribution in [0.3, 0.4) is 0 Å². The third kappa shape index (κ3) is 4.41. The lowest BCUT2D eigenvalue weighted by molar-refractivity contribution is -0.113. The Balaban J connectivity index is 1.42. The van der Waals surface area contributed by atoms with Crippen LogP contribution in [0.4, 0.5) is 5.00 Å². The average molecular weight is 427 g/mol. The number of benzene rings is 1. The molecule has 1 aliphatic rings. The number of amides is 1. The summed E-state index contributed by atoms with van der Waals surface area (Å²) in [5.74, 6) is 0.892. The highest BCUT2D eigenvalue weighted by Gasteiger charge is 2.21. The number of aryl methyl sites for hydroxylation is 1. The molecule has 29 heavy (non-hydrogen) atoms. The van der Waals surface area contributed by atoms with Gasteiger partial charge in [-0.05, 0) is 50.3 Å². The zero-order valence-corrected chi connectivity index (χ0v) is 17.8. The lowest BCUT2D eigenvalue weighted by Gasteiger charge is -2.03. The second-order valence-corrected chi connectivity index (χ2v) is 8.94. The summed E-state index contributed by atoms with van der Waals surface area (Å²) in [6.07, 6.45) is 5.40. The second kappa shape index (κ2) is 8.89. The lowest BCUT2D eigenvalue weighted by Crippen LogP contribution is -2.14. The van der Waals surface area contributed by atoms with Crippen molar-refractivity contribution in [2.45, 2.75) is 44.2 Å². The summed E-state index contributed by atoms with van der Waals surface area (Å²) >= 11 is 2.91. The van der Waals surface area contributed by atoms with E-state index in [1.165, 1.54) is 23.1 Å². The van der Waals surface area contributed by atoms with Gasteiger partial charge in [-0.25, -0.2) is 4.98 Å². The number of ether oxygens (including phenoxy) is 1. The van der Waals surface area contributed by atoms with Crippen molar-refractivity contribution >= 4 is 45.0 Å². The molecule has 0 saturated heterocycles. The minimum Gasteiger partial charge on any atom is -0.494 e. The molecule has 2 aromatic heterocycles. The van der Waals surface area contributed by atoms with E-state index in [0.717, 1.165) is 48.0 Å². The summed E-state index contributed by atoms with van der Waals surface area (Å²) in [7, 11) is 0. The highest BCUT2D eigenvalue weighted by molar-refractivity contribution is 7.99. The minimum absolute atomic E-state index is 0.127. The van der Waals surface area contributed by atoms with Gasteiger partial charge in [0.2, 0.25) is 5.91 Å². The molecule has 4 rings (SSSR count). The molecule has 0 radical (unpaired) electrons. The van der Waals surface area contributed by atoms with Gasteiger partial charge in [-0.2, -0.15) is 5.26 Å². The molecule has 1 aliphatic carbocycles. The zero-order valence-electron chi connectivity index (χ0n) is 16.2. The Bertz CT molecular complexity index is 1080. The molecular weight excluding hydrogens is 404 g/mol. The number of nitrogens with zero attached hydrogens (tertiary/aromatic N) is 2. The molecule has 0 saturated carbocycles. The van der Waals surface area contributed by atoms with Gasteiger partial charge in [0.15, 0.2) is 5.16 Å². The quantitative estimate of drug-likeness (QED) is 0.432. The van der Waals surface area contributed by atoms with Gasteiger partial charge < -0.3 is 15.0 Å². The Hall–Kier alpha value is -2.50. The molecule has 1 aromatic carbocycles. The Morgan fingerprint density at radius 2 is 2.24 bits per heavy atom. The van der Waals surface area contributed by atoms with Crippen molar-refractivity contribution in [2.75, 3.05) is 17.7 Å². The van der Waals surface area contributed by atoms with E-state index in [1.807, 2.05) is 25.1 Å². The predicted molar refractivity (Wildman–Crippen MR) is 117 cm³/mol. The van der Waals surface area contributed by atoms with Gasteiger partial charge in [0.05, 0.1) is 29.0 Å². The van der Waals surface area contributed by atoms with Crippen LogP contribution < -0.4 is 10.1 Å². The summed E-state index contributed by atoms with van der Waals surface area (Å²) < 4.78 is 5.51. The van der Waals surface area contributed by atoms with Crippen LogP contribution in [-0.4, -0.2) is 28.2 Å². The third-order valence-electron chi connectivity index (χ3n) is 4.87. The first-order valence-corrected chi connectivity index (χ1v) is 11.6. The largest absolute Gasteiger partial charge is 0.494 e. The fraction of sp³-hybridized carbons (Fsp3) is 0.381. The topological polar surface area (TPSA) is 90.8 Å². The summed E-state index contributed by atoms with van der Waals surface area (Å²) in [5.41, 5.74) is 3.51. The summed E-state index contributed by atoms with van der Waals surface area (Å²) in [4.78, 5) is 21.5. The predicted octanol–water partition coefficient (Wildman–Crippen LogP) is 4.89. The van der Waals surface area contributed by atoms with Crippen molar-refractivity contribution in [3.8, 4) is 11.8 Å². The molecule has 0 aliphatic heterocycles. The number of carbonyl (C=O) groups excluding carboxylic acids is 1. The van der Waals surface area contributed by atoms with Crippen LogP contribution in [0.1, 0.15) is 42.2 Å². The molecule has 0 bridgehead atoms. The summed E-state index contributed by atoms with van der Waals surface area (Å²) in [6.45, 7) is 2.55. The molecule has 150 valence electrons. The SMILES string of the molecule is CCOc1ccc2nc(SCC(=O)Nc3sc4c(c3C#N)CCCCC4)[nH]c2c1. The van der Waals surface area contributed by atoms with E-state index in [4.69, 9.17) is 4.74 Å². The molecule has 0 atom stereocenters. The van der Waals surface area contributed by atoms with Crippen LogP contribution in [0.15, 0.2) is 23.4 Å². The molecule has 2 N–H and O–H groups in total. The number of fused-ring (bicyclic) bond motifs is 2. The molecule has 0 spiro atoms. The van der Waals surface area contributed by atoms with E-state index in [-0.39, 0.29) is 11.7 Å².